The van der Waals surface area contributed by atoms with E-state index in [1.165, 1.54) is 22.5 Å². The molecule has 0 aromatic heterocycles. The molecule has 2 aliphatic heterocycles. The summed E-state index contributed by atoms with van der Waals surface area (Å²) in [5.74, 6) is -1.74. The lowest BCUT2D eigenvalue weighted by molar-refractivity contribution is -0.135. The molecular formula is C20H26N2O7S. The van der Waals surface area contributed by atoms with Gasteiger partial charge in [0.15, 0.2) is 0 Å². The van der Waals surface area contributed by atoms with Gasteiger partial charge in [0.2, 0.25) is 15.9 Å². The van der Waals surface area contributed by atoms with Crippen molar-refractivity contribution in [1.82, 2.24) is 9.21 Å². The van der Waals surface area contributed by atoms with Crippen molar-refractivity contribution in [2.45, 2.75) is 43.0 Å². The molecule has 3 rings (SSSR count). The number of nitrogens with zero attached hydrogens (tertiary/aromatic N) is 2. The van der Waals surface area contributed by atoms with Gasteiger partial charge in [-0.1, -0.05) is 6.42 Å². The summed E-state index contributed by atoms with van der Waals surface area (Å²) in [5, 5.41) is 0. The zero-order valence-electron chi connectivity index (χ0n) is 17.1. The minimum Gasteiger partial charge on any atom is -0.465 e. The average molecular weight is 439 g/mol. The van der Waals surface area contributed by atoms with Crippen molar-refractivity contribution in [2.75, 3.05) is 33.9 Å². The number of rotatable bonds is 5. The van der Waals surface area contributed by atoms with Crippen LogP contribution in [0.25, 0.3) is 0 Å². The van der Waals surface area contributed by atoms with Crippen molar-refractivity contribution in [3.8, 4) is 0 Å². The van der Waals surface area contributed by atoms with Crippen molar-refractivity contribution < 1.29 is 32.3 Å². The Morgan fingerprint density at radius 3 is 1.93 bits per heavy atom. The molecule has 9 nitrogen and oxygen atoms in total. The quantitative estimate of drug-likeness (QED) is 0.640. The van der Waals surface area contributed by atoms with Gasteiger partial charge in [-0.3, -0.25) is 4.79 Å². The maximum atomic E-state index is 13.5. The van der Waals surface area contributed by atoms with Crippen LogP contribution in [0.5, 0.6) is 0 Å². The molecule has 1 unspecified atom stereocenters. The fourth-order valence-corrected chi connectivity index (χ4v) is 5.67. The Labute approximate surface area is 176 Å². The van der Waals surface area contributed by atoms with Crippen molar-refractivity contribution in [3.63, 3.8) is 0 Å². The Balaban J connectivity index is 2.02. The molecule has 0 aliphatic carbocycles. The Morgan fingerprint density at radius 1 is 0.867 bits per heavy atom. The first-order valence-corrected chi connectivity index (χ1v) is 11.4. The number of methoxy groups -OCH3 is 2. The topological polar surface area (TPSA) is 110 Å². The highest BCUT2D eigenvalue weighted by molar-refractivity contribution is 7.89. The number of hydrogen-bond acceptors (Lipinski definition) is 7. The highest BCUT2D eigenvalue weighted by Crippen LogP contribution is 2.29. The van der Waals surface area contributed by atoms with E-state index < -0.39 is 28.0 Å². The van der Waals surface area contributed by atoms with Gasteiger partial charge in [0.25, 0.3) is 0 Å². The van der Waals surface area contributed by atoms with E-state index in [4.69, 9.17) is 0 Å². The van der Waals surface area contributed by atoms with E-state index in [-0.39, 0.29) is 28.5 Å². The minimum absolute atomic E-state index is 0.0848. The lowest BCUT2D eigenvalue weighted by Gasteiger charge is -2.35. The van der Waals surface area contributed by atoms with Crippen LogP contribution in [0.4, 0.5) is 0 Å². The van der Waals surface area contributed by atoms with Gasteiger partial charge in [-0.2, -0.15) is 4.31 Å². The first-order chi connectivity index (χ1) is 14.3. The van der Waals surface area contributed by atoms with Gasteiger partial charge in [-0.05, 0) is 43.9 Å². The third-order valence-electron chi connectivity index (χ3n) is 5.51. The van der Waals surface area contributed by atoms with E-state index in [1.54, 1.807) is 4.90 Å². The number of likely N-dealkylation sites (tertiary alicyclic amines) is 1. The number of esters is 2. The molecule has 2 aliphatic rings. The van der Waals surface area contributed by atoms with Crippen LogP contribution in [0.1, 0.15) is 52.8 Å². The summed E-state index contributed by atoms with van der Waals surface area (Å²) in [5.41, 5.74) is -0.170. The van der Waals surface area contributed by atoms with Crippen LogP contribution in [-0.2, 0) is 24.3 Å². The Hall–Kier alpha value is -2.46. The zero-order chi connectivity index (χ0) is 21.9. The zero-order valence-corrected chi connectivity index (χ0v) is 17.9. The van der Waals surface area contributed by atoms with E-state index in [9.17, 15) is 22.8 Å². The highest BCUT2D eigenvalue weighted by Gasteiger charge is 2.40. The summed E-state index contributed by atoms with van der Waals surface area (Å²) in [7, 11) is -1.82. The molecule has 1 amide bonds. The van der Waals surface area contributed by atoms with Crippen LogP contribution < -0.4 is 0 Å². The van der Waals surface area contributed by atoms with E-state index in [1.807, 2.05) is 0 Å². The summed E-state index contributed by atoms with van der Waals surface area (Å²) in [6.45, 7) is 1.46. The molecule has 0 bridgehead atoms. The van der Waals surface area contributed by atoms with Gasteiger partial charge < -0.3 is 14.4 Å². The molecule has 0 N–H and O–H groups in total. The maximum absolute atomic E-state index is 13.5. The van der Waals surface area contributed by atoms with Crippen molar-refractivity contribution >= 4 is 27.9 Å². The summed E-state index contributed by atoms with van der Waals surface area (Å²) >= 11 is 0. The van der Waals surface area contributed by atoms with Crippen molar-refractivity contribution in [1.29, 1.82) is 0 Å². The molecule has 1 atom stereocenters. The summed E-state index contributed by atoms with van der Waals surface area (Å²) in [4.78, 5) is 38.5. The van der Waals surface area contributed by atoms with Gasteiger partial charge in [-0.15, -0.1) is 0 Å². The third kappa shape index (κ3) is 4.34. The van der Waals surface area contributed by atoms with Gasteiger partial charge in [-0.25, -0.2) is 18.0 Å². The molecule has 164 valence electrons. The Kier molecular flexibility index (Phi) is 6.77. The number of piperidine rings is 1. The SMILES string of the molecule is COC(=O)c1cc(C(=O)OC)cc(S(=O)(=O)N2CCCCC2C(=O)N2CCCC2)c1. The Morgan fingerprint density at radius 2 is 1.40 bits per heavy atom. The molecular weight excluding hydrogens is 412 g/mol. The predicted octanol–water partition coefficient (Wildman–Crippen LogP) is 1.43. The van der Waals surface area contributed by atoms with Crippen molar-refractivity contribution in [3.05, 3.63) is 29.3 Å². The van der Waals surface area contributed by atoms with Crippen LogP contribution >= 0.6 is 0 Å². The van der Waals surface area contributed by atoms with E-state index in [2.05, 4.69) is 9.47 Å². The molecule has 1 aromatic rings. The van der Waals surface area contributed by atoms with Crippen LogP contribution in [0, 0.1) is 0 Å². The van der Waals surface area contributed by atoms with E-state index >= 15 is 0 Å². The number of hydrogen-bond donors (Lipinski definition) is 0. The second-order valence-corrected chi connectivity index (χ2v) is 9.28. The van der Waals surface area contributed by atoms with Crippen molar-refractivity contribution in [2.24, 2.45) is 0 Å². The monoisotopic (exact) mass is 438 g/mol. The average Bonchev–Trinajstić information content (AvgIpc) is 3.32. The molecule has 1 aromatic carbocycles. The van der Waals surface area contributed by atoms with Gasteiger partial charge in [0.1, 0.15) is 6.04 Å². The summed E-state index contributed by atoms with van der Waals surface area (Å²) < 4.78 is 37.6. The predicted molar refractivity (Wildman–Crippen MR) is 106 cm³/mol. The number of benzene rings is 1. The van der Waals surface area contributed by atoms with Crippen LogP contribution in [0.15, 0.2) is 23.1 Å². The second-order valence-electron chi connectivity index (χ2n) is 7.39. The van der Waals surface area contributed by atoms with Gasteiger partial charge in [0.05, 0.1) is 30.2 Å². The number of ether oxygens (including phenoxy) is 2. The number of sulfonamides is 1. The molecule has 0 radical (unpaired) electrons. The standard InChI is InChI=1S/C20H26N2O7S/c1-28-19(24)14-11-15(20(25)29-2)13-16(12-14)30(26,27)22-10-4-3-7-17(22)18(23)21-8-5-6-9-21/h11-13,17H,3-10H2,1-2H3. The third-order valence-corrected chi connectivity index (χ3v) is 7.40. The Bertz CT molecular complexity index is 904. The largest absolute Gasteiger partial charge is 0.465 e. The molecule has 30 heavy (non-hydrogen) atoms. The fraction of sp³-hybridized carbons (Fsp3) is 0.550. The van der Waals surface area contributed by atoms with E-state index in [0.717, 1.165) is 33.5 Å². The van der Waals surface area contributed by atoms with Crippen LogP contribution in [0.2, 0.25) is 0 Å². The van der Waals surface area contributed by atoms with Gasteiger partial charge in [0, 0.05) is 19.6 Å². The summed E-state index contributed by atoms with van der Waals surface area (Å²) in [6, 6.07) is 2.77. The smallest absolute Gasteiger partial charge is 0.337 e. The minimum atomic E-state index is -4.14. The maximum Gasteiger partial charge on any atom is 0.337 e. The first-order valence-electron chi connectivity index (χ1n) is 9.92. The molecule has 0 saturated carbocycles. The first kappa shape index (κ1) is 22.2. The molecule has 0 spiro atoms. The lowest BCUT2D eigenvalue weighted by atomic mass is 10.0. The number of amides is 1. The number of carbonyl (C=O) groups is 3. The molecule has 2 fully saturated rings. The lowest BCUT2D eigenvalue weighted by Crippen LogP contribution is -2.52. The van der Waals surface area contributed by atoms with Crippen LogP contribution in [0.3, 0.4) is 0 Å². The van der Waals surface area contributed by atoms with E-state index in [0.29, 0.717) is 25.9 Å². The van der Waals surface area contributed by atoms with Crippen LogP contribution in [-0.4, -0.2) is 75.4 Å². The molecule has 2 saturated heterocycles. The molecule has 10 heteroatoms. The second kappa shape index (κ2) is 9.13. The number of carbonyl (C=O) groups excluding carboxylic acids is 3. The fourth-order valence-electron chi connectivity index (χ4n) is 3.94. The van der Waals surface area contributed by atoms with Gasteiger partial charge >= 0.3 is 11.9 Å². The normalized spacial score (nSPS) is 20.1. The summed E-state index contributed by atoms with van der Waals surface area (Å²) in [6.07, 6.45) is 3.65. The highest BCUT2D eigenvalue weighted by atomic mass is 32.2. The molecule has 2 heterocycles.